The van der Waals surface area contributed by atoms with Crippen LogP contribution < -0.4 is 10.2 Å². The predicted octanol–water partition coefficient (Wildman–Crippen LogP) is 3.43. The Morgan fingerprint density at radius 1 is 1.28 bits per heavy atom. The lowest BCUT2D eigenvalue weighted by molar-refractivity contribution is 0.102. The van der Waals surface area contributed by atoms with Gasteiger partial charge in [0.1, 0.15) is 5.82 Å². The molecule has 128 valence electrons. The van der Waals surface area contributed by atoms with Gasteiger partial charge >= 0.3 is 0 Å². The molecule has 3 aromatic rings. The second-order valence-electron chi connectivity index (χ2n) is 5.56. The van der Waals surface area contributed by atoms with E-state index in [9.17, 15) is 4.79 Å². The van der Waals surface area contributed by atoms with Crippen LogP contribution in [0.15, 0.2) is 36.5 Å². The third-order valence-corrected chi connectivity index (χ3v) is 5.08. The predicted molar refractivity (Wildman–Crippen MR) is 99.9 cm³/mol. The molecule has 25 heavy (non-hydrogen) atoms. The van der Waals surface area contributed by atoms with Gasteiger partial charge in [0, 0.05) is 24.3 Å². The smallest absolute Gasteiger partial charge is 0.261 e. The number of aromatic nitrogens is 2. The van der Waals surface area contributed by atoms with Crippen LogP contribution in [0, 0.1) is 0 Å². The van der Waals surface area contributed by atoms with E-state index < -0.39 is 0 Å². The summed E-state index contributed by atoms with van der Waals surface area (Å²) >= 11 is 7.40. The Kier molecular flexibility index (Phi) is 4.52. The van der Waals surface area contributed by atoms with Gasteiger partial charge in [-0.1, -0.05) is 22.9 Å². The summed E-state index contributed by atoms with van der Waals surface area (Å²) in [7, 11) is 0. The number of anilines is 2. The molecule has 1 N–H and O–H groups in total. The zero-order valence-electron chi connectivity index (χ0n) is 13.2. The van der Waals surface area contributed by atoms with E-state index in [0.29, 0.717) is 34.7 Å². The van der Waals surface area contributed by atoms with Crippen molar-refractivity contribution in [1.82, 2.24) is 9.97 Å². The van der Waals surface area contributed by atoms with Gasteiger partial charge in [-0.25, -0.2) is 9.97 Å². The highest BCUT2D eigenvalue weighted by atomic mass is 35.5. The second-order valence-corrected chi connectivity index (χ2v) is 7.03. The second kappa shape index (κ2) is 6.95. The number of benzene rings is 1. The van der Waals surface area contributed by atoms with E-state index >= 15 is 0 Å². The minimum absolute atomic E-state index is 0.222. The Bertz CT molecular complexity index is 924. The van der Waals surface area contributed by atoms with E-state index in [-0.39, 0.29) is 5.91 Å². The molecule has 0 spiro atoms. The summed E-state index contributed by atoms with van der Waals surface area (Å²) in [6, 6.07) is 9.00. The lowest BCUT2D eigenvalue weighted by atomic mass is 10.2. The van der Waals surface area contributed by atoms with Gasteiger partial charge < -0.3 is 9.64 Å². The third-order valence-electron chi connectivity index (χ3n) is 3.91. The van der Waals surface area contributed by atoms with Gasteiger partial charge in [-0.15, -0.1) is 0 Å². The molecule has 1 aromatic carbocycles. The average molecular weight is 375 g/mol. The fraction of sp³-hybridized carbons (Fsp3) is 0.235. The molecule has 0 radical (unpaired) electrons. The van der Waals surface area contributed by atoms with Crippen molar-refractivity contribution in [3.05, 3.63) is 47.1 Å². The molecule has 1 saturated heterocycles. The van der Waals surface area contributed by atoms with Gasteiger partial charge in [-0.05, 0) is 30.3 Å². The number of nitrogens with one attached hydrogen (secondary N) is 1. The summed E-state index contributed by atoms with van der Waals surface area (Å²) in [5.74, 6) is 0.451. The zero-order chi connectivity index (χ0) is 17.2. The molecule has 0 atom stereocenters. The number of carbonyl (C=O) groups is 1. The van der Waals surface area contributed by atoms with Gasteiger partial charge in [0.05, 0.1) is 29.0 Å². The van der Waals surface area contributed by atoms with E-state index in [1.807, 2.05) is 12.1 Å². The fourth-order valence-electron chi connectivity index (χ4n) is 2.72. The summed E-state index contributed by atoms with van der Waals surface area (Å²) < 4.78 is 6.30. The Labute approximate surface area is 153 Å². The maximum absolute atomic E-state index is 12.8. The number of carbonyl (C=O) groups excluding carboxylic acids is 1. The van der Waals surface area contributed by atoms with Gasteiger partial charge in [-0.3, -0.25) is 10.1 Å². The minimum Gasteiger partial charge on any atom is -0.378 e. The maximum atomic E-state index is 12.8. The SMILES string of the molecule is O=C(Nc1nc2ccc(Cl)cc2s1)c1cccnc1N1CCOCC1. The Morgan fingerprint density at radius 2 is 2.12 bits per heavy atom. The molecule has 0 aliphatic carbocycles. The summed E-state index contributed by atoms with van der Waals surface area (Å²) in [4.78, 5) is 23.6. The van der Waals surface area contributed by atoms with Gasteiger partial charge in [0.15, 0.2) is 5.13 Å². The van der Waals surface area contributed by atoms with Crippen molar-refractivity contribution in [1.29, 1.82) is 0 Å². The highest BCUT2D eigenvalue weighted by Crippen LogP contribution is 2.29. The number of morpholine rings is 1. The molecule has 3 heterocycles. The van der Waals surface area contributed by atoms with Crippen LogP contribution in [0.2, 0.25) is 5.02 Å². The summed E-state index contributed by atoms with van der Waals surface area (Å²) in [5.41, 5.74) is 1.34. The van der Waals surface area contributed by atoms with E-state index in [2.05, 4.69) is 20.2 Å². The lowest BCUT2D eigenvalue weighted by Gasteiger charge is -2.29. The number of fused-ring (bicyclic) bond motifs is 1. The number of rotatable bonds is 3. The Balaban J connectivity index is 1.60. The van der Waals surface area contributed by atoms with Crippen molar-refractivity contribution in [2.75, 3.05) is 36.5 Å². The number of nitrogens with zero attached hydrogens (tertiary/aromatic N) is 3. The first-order chi connectivity index (χ1) is 12.2. The minimum atomic E-state index is -0.222. The molecule has 0 saturated carbocycles. The number of hydrogen-bond donors (Lipinski definition) is 1. The van der Waals surface area contributed by atoms with Gasteiger partial charge in [-0.2, -0.15) is 0 Å². The quantitative estimate of drug-likeness (QED) is 0.760. The first-order valence-corrected chi connectivity index (χ1v) is 9.05. The molecule has 4 rings (SSSR count). The molecular weight excluding hydrogens is 360 g/mol. The number of halogens is 1. The van der Waals surface area contributed by atoms with Crippen LogP contribution in [0.5, 0.6) is 0 Å². The number of ether oxygens (including phenoxy) is 1. The van der Waals surface area contributed by atoms with Crippen molar-refractivity contribution in [3.8, 4) is 0 Å². The van der Waals surface area contributed by atoms with E-state index in [4.69, 9.17) is 16.3 Å². The van der Waals surface area contributed by atoms with Gasteiger partial charge in [0.2, 0.25) is 0 Å². The number of pyridine rings is 1. The number of amides is 1. The zero-order valence-corrected chi connectivity index (χ0v) is 14.8. The molecule has 1 aliphatic heterocycles. The molecular formula is C17H15ClN4O2S. The van der Waals surface area contributed by atoms with Crippen molar-refractivity contribution in [3.63, 3.8) is 0 Å². The topological polar surface area (TPSA) is 67.4 Å². The van der Waals surface area contributed by atoms with E-state index in [1.54, 1.807) is 24.4 Å². The first kappa shape index (κ1) is 16.3. The average Bonchev–Trinajstić information content (AvgIpc) is 3.03. The molecule has 0 bridgehead atoms. The third kappa shape index (κ3) is 3.44. The number of thiazole rings is 1. The van der Waals surface area contributed by atoms with Crippen LogP contribution in [0.4, 0.5) is 10.9 Å². The monoisotopic (exact) mass is 374 g/mol. The van der Waals surface area contributed by atoms with Crippen molar-refractivity contribution < 1.29 is 9.53 Å². The lowest BCUT2D eigenvalue weighted by Crippen LogP contribution is -2.38. The standard InChI is InChI=1S/C17H15ClN4O2S/c18-11-3-4-13-14(10-11)25-17(20-13)21-16(23)12-2-1-5-19-15(12)22-6-8-24-9-7-22/h1-5,10H,6-9H2,(H,20,21,23). The first-order valence-electron chi connectivity index (χ1n) is 7.86. The molecule has 1 aliphatic rings. The van der Waals surface area contributed by atoms with E-state index in [1.165, 1.54) is 11.3 Å². The number of hydrogen-bond acceptors (Lipinski definition) is 6. The largest absolute Gasteiger partial charge is 0.378 e. The van der Waals surface area contributed by atoms with E-state index in [0.717, 1.165) is 23.3 Å². The van der Waals surface area contributed by atoms with Crippen molar-refractivity contribution in [2.45, 2.75) is 0 Å². The van der Waals surface area contributed by atoms with Crippen LogP contribution in [-0.4, -0.2) is 42.2 Å². The fourth-order valence-corrected chi connectivity index (χ4v) is 3.85. The van der Waals surface area contributed by atoms with Crippen LogP contribution in [0.3, 0.4) is 0 Å². The normalized spacial score (nSPS) is 14.7. The summed E-state index contributed by atoms with van der Waals surface area (Å²) in [5, 5.41) is 4.06. The van der Waals surface area contributed by atoms with Crippen LogP contribution in [-0.2, 0) is 4.74 Å². The summed E-state index contributed by atoms with van der Waals surface area (Å²) in [6.07, 6.45) is 1.70. The van der Waals surface area contributed by atoms with Crippen molar-refractivity contribution in [2.24, 2.45) is 0 Å². The molecule has 1 fully saturated rings. The highest BCUT2D eigenvalue weighted by Gasteiger charge is 2.20. The van der Waals surface area contributed by atoms with Gasteiger partial charge in [0.25, 0.3) is 5.91 Å². The molecule has 6 nitrogen and oxygen atoms in total. The Hall–Kier alpha value is -2.22. The molecule has 1 amide bonds. The molecule has 2 aromatic heterocycles. The van der Waals surface area contributed by atoms with Crippen LogP contribution >= 0.6 is 22.9 Å². The Morgan fingerprint density at radius 3 is 2.96 bits per heavy atom. The van der Waals surface area contributed by atoms with Crippen LogP contribution in [0.25, 0.3) is 10.2 Å². The summed E-state index contributed by atoms with van der Waals surface area (Å²) in [6.45, 7) is 2.71. The highest BCUT2D eigenvalue weighted by molar-refractivity contribution is 7.22. The molecule has 8 heteroatoms. The maximum Gasteiger partial charge on any atom is 0.261 e. The molecule has 0 unspecified atom stereocenters. The van der Waals surface area contributed by atoms with Crippen LogP contribution in [0.1, 0.15) is 10.4 Å². The van der Waals surface area contributed by atoms with Crippen molar-refractivity contribution >= 4 is 50.0 Å².